The third-order valence-electron chi connectivity index (χ3n) is 2.88. The minimum Gasteiger partial charge on any atom is -0.382 e. The van der Waals surface area contributed by atoms with Gasteiger partial charge in [-0.1, -0.05) is 0 Å². The Balaban J connectivity index is 1.84. The van der Waals surface area contributed by atoms with Gasteiger partial charge >= 0.3 is 0 Å². The second-order valence-corrected chi connectivity index (χ2v) is 4.39. The lowest BCUT2D eigenvalue weighted by atomic mass is 10.2. The molecule has 1 saturated heterocycles. The fourth-order valence-corrected chi connectivity index (χ4v) is 2.02. The molecule has 3 N–H and O–H groups in total. The van der Waals surface area contributed by atoms with Crippen LogP contribution >= 0.6 is 0 Å². The zero-order valence-electron chi connectivity index (χ0n) is 10.2. The van der Waals surface area contributed by atoms with E-state index in [2.05, 4.69) is 22.1 Å². The second kappa shape index (κ2) is 5.84. The molecule has 0 radical (unpaired) electrons. The molecule has 1 atom stereocenters. The quantitative estimate of drug-likeness (QED) is 0.809. The molecular formula is C12H20N4O. The van der Waals surface area contributed by atoms with E-state index in [0.717, 1.165) is 38.5 Å². The van der Waals surface area contributed by atoms with E-state index in [9.17, 15) is 0 Å². The SMILES string of the molecule is CC(CN1CCOCC1)Nc1cccnc1N. The van der Waals surface area contributed by atoms with E-state index in [1.54, 1.807) is 6.20 Å². The average Bonchev–Trinajstić information content (AvgIpc) is 2.33. The largest absolute Gasteiger partial charge is 0.382 e. The molecule has 0 saturated carbocycles. The molecule has 0 aromatic carbocycles. The first-order valence-corrected chi connectivity index (χ1v) is 6.03. The molecular weight excluding hydrogens is 216 g/mol. The van der Waals surface area contributed by atoms with Gasteiger partial charge in [-0.3, -0.25) is 4.90 Å². The van der Waals surface area contributed by atoms with Crippen LogP contribution in [0.15, 0.2) is 18.3 Å². The van der Waals surface area contributed by atoms with Gasteiger partial charge in [-0.15, -0.1) is 0 Å². The van der Waals surface area contributed by atoms with Crippen molar-refractivity contribution < 1.29 is 4.74 Å². The number of nitrogens with one attached hydrogen (secondary N) is 1. The molecule has 1 unspecified atom stereocenters. The fraction of sp³-hybridized carbons (Fsp3) is 0.583. The zero-order chi connectivity index (χ0) is 12.1. The minimum atomic E-state index is 0.347. The van der Waals surface area contributed by atoms with Gasteiger partial charge in [0.15, 0.2) is 0 Å². The Morgan fingerprint density at radius 2 is 2.29 bits per heavy atom. The van der Waals surface area contributed by atoms with Crippen molar-refractivity contribution in [3.05, 3.63) is 18.3 Å². The topological polar surface area (TPSA) is 63.4 Å². The highest BCUT2D eigenvalue weighted by atomic mass is 16.5. The minimum absolute atomic E-state index is 0.347. The van der Waals surface area contributed by atoms with Crippen molar-refractivity contribution in [1.29, 1.82) is 0 Å². The first-order valence-electron chi connectivity index (χ1n) is 6.03. The van der Waals surface area contributed by atoms with Gasteiger partial charge in [0.1, 0.15) is 5.82 Å². The Hall–Kier alpha value is -1.33. The lowest BCUT2D eigenvalue weighted by molar-refractivity contribution is 0.0368. The monoisotopic (exact) mass is 236 g/mol. The highest BCUT2D eigenvalue weighted by molar-refractivity contribution is 5.61. The Bertz CT molecular complexity index is 352. The molecule has 17 heavy (non-hydrogen) atoms. The van der Waals surface area contributed by atoms with E-state index in [1.807, 2.05) is 12.1 Å². The summed E-state index contributed by atoms with van der Waals surface area (Å²) in [6.45, 7) is 6.84. The van der Waals surface area contributed by atoms with Crippen molar-refractivity contribution in [2.24, 2.45) is 0 Å². The Kier molecular flexibility index (Phi) is 4.17. The summed E-state index contributed by atoms with van der Waals surface area (Å²) in [4.78, 5) is 6.46. The van der Waals surface area contributed by atoms with Gasteiger partial charge < -0.3 is 15.8 Å². The standard InChI is InChI=1S/C12H20N4O/c1-10(9-16-5-7-17-8-6-16)15-11-3-2-4-14-12(11)13/h2-4,10,15H,5-9H2,1H3,(H2,13,14). The van der Waals surface area contributed by atoms with E-state index in [1.165, 1.54) is 0 Å². The number of rotatable bonds is 4. The normalized spacial score (nSPS) is 18.9. The van der Waals surface area contributed by atoms with Crippen LogP contribution in [0.5, 0.6) is 0 Å². The van der Waals surface area contributed by atoms with Gasteiger partial charge in [0.05, 0.1) is 18.9 Å². The number of nitrogens with two attached hydrogens (primary N) is 1. The molecule has 1 aromatic heterocycles. The van der Waals surface area contributed by atoms with Crippen LogP contribution < -0.4 is 11.1 Å². The maximum Gasteiger partial charge on any atom is 0.146 e. The Morgan fingerprint density at radius 1 is 1.53 bits per heavy atom. The van der Waals surface area contributed by atoms with Crippen LogP contribution in [0.3, 0.4) is 0 Å². The smallest absolute Gasteiger partial charge is 0.146 e. The van der Waals surface area contributed by atoms with Crippen molar-refractivity contribution in [3.8, 4) is 0 Å². The summed E-state index contributed by atoms with van der Waals surface area (Å²) >= 11 is 0. The lowest BCUT2D eigenvalue weighted by Crippen LogP contribution is -2.42. The van der Waals surface area contributed by atoms with Crippen molar-refractivity contribution in [2.75, 3.05) is 43.9 Å². The molecule has 1 aromatic rings. The maximum atomic E-state index is 5.79. The van der Waals surface area contributed by atoms with Crippen molar-refractivity contribution in [1.82, 2.24) is 9.88 Å². The second-order valence-electron chi connectivity index (χ2n) is 4.39. The molecule has 0 spiro atoms. The Labute approximate surface area is 102 Å². The fourth-order valence-electron chi connectivity index (χ4n) is 2.02. The predicted molar refractivity (Wildman–Crippen MR) is 69.0 cm³/mol. The van der Waals surface area contributed by atoms with Gasteiger partial charge in [-0.25, -0.2) is 4.98 Å². The number of morpholine rings is 1. The average molecular weight is 236 g/mol. The van der Waals surface area contributed by atoms with Gasteiger partial charge in [0, 0.05) is 31.9 Å². The summed E-state index contributed by atoms with van der Waals surface area (Å²) in [7, 11) is 0. The number of hydrogen-bond donors (Lipinski definition) is 2. The number of hydrogen-bond acceptors (Lipinski definition) is 5. The summed E-state index contributed by atoms with van der Waals surface area (Å²) in [6, 6.07) is 4.19. The number of nitrogen functional groups attached to an aromatic ring is 1. The van der Waals surface area contributed by atoms with Crippen LogP contribution in [0, 0.1) is 0 Å². The molecule has 1 fully saturated rings. The number of nitrogens with zero attached hydrogens (tertiary/aromatic N) is 2. The molecule has 5 nitrogen and oxygen atoms in total. The van der Waals surface area contributed by atoms with E-state index in [-0.39, 0.29) is 0 Å². The van der Waals surface area contributed by atoms with Crippen LogP contribution in [0.2, 0.25) is 0 Å². The molecule has 0 aliphatic carbocycles. The molecule has 2 rings (SSSR count). The van der Waals surface area contributed by atoms with E-state index < -0.39 is 0 Å². The number of ether oxygens (including phenoxy) is 1. The van der Waals surface area contributed by atoms with Gasteiger partial charge in [-0.05, 0) is 19.1 Å². The third-order valence-corrected chi connectivity index (χ3v) is 2.88. The molecule has 5 heteroatoms. The van der Waals surface area contributed by atoms with Gasteiger partial charge in [0.25, 0.3) is 0 Å². The van der Waals surface area contributed by atoms with Crippen LogP contribution in [-0.2, 0) is 4.74 Å². The first-order chi connectivity index (χ1) is 8.25. The van der Waals surface area contributed by atoms with Crippen molar-refractivity contribution >= 4 is 11.5 Å². The van der Waals surface area contributed by atoms with Crippen LogP contribution in [0.1, 0.15) is 6.92 Å². The number of aromatic nitrogens is 1. The van der Waals surface area contributed by atoms with Crippen molar-refractivity contribution in [2.45, 2.75) is 13.0 Å². The van der Waals surface area contributed by atoms with Gasteiger partial charge in [-0.2, -0.15) is 0 Å². The molecule has 0 bridgehead atoms. The number of pyridine rings is 1. The third kappa shape index (κ3) is 3.57. The van der Waals surface area contributed by atoms with Crippen LogP contribution in [0.25, 0.3) is 0 Å². The van der Waals surface area contributed by atoms with Crippen molar-refractivity contribution in [3.63, 3.8) is 0 Å². The summed E-state index contributed by atoms with van der Waals surface area (Å²) in [5.41, 5.74) is 6.71. The maximum absolute atomic E-state index is 5.79. The molecule has 94 valence electrons. The van der Waals surface area contributed by atoms with Crippen LogP contribution in [-0.4, -0.2) is 48.8 Å². The molecule has 0 amide bonds. The predicted octanol–water partition coefficient (Wildman–Crippen LogP) is 0.796. The zero-order valence-corrected chi connectivity index (χ0v) is 10.2. The summed E-state index contributed by atoms with van der Waals surface area (Å²) in [5.74, 6) is 0.557. The highest BCUT2D eigenvalue weighted by Gasteiger charge is 2.14. The number of anilines is 2. The lowest BCUT2D eigenvalue weighted by Gasteiger charge is -2.29. The Morgan fingerprint density at radius 3 is 3.00 bits per heavy atom. The molecule has 1 aliphatic heterocycles. The molecule has 2 heterocycles. The summed E-state index contributed by atoms with van der Waals surface area (Å²) in [6.07, 6.45) is 1.70. The van der Waals surface area contributed by atoms with Gasteiger partial charge in [0.2, 0.25) is 0 Å². The molecule has 1 aliphatic rings. The summed E-state index contributed by atoms with van der Waals surface area (Å²) < 4.78 is 5.33. The highest BCUT2D eigenvalue weighted by Crippen LogP contribution is 2.15. The first kappa shape index (κ1) is 12.1. The van der Waals surface area contributed by atoms with E-state index in [0.29, 0.717) is 11.9 Å². The van der Waals surface area contributed by atoms with Crippen LogP contribution in [0.4, 0.5) is 11.5 Å². The van der Waals surface area contributed by atoms with E-state index >= 15 is 0 Å². The summed E-state index contributed by atoms with van der Waals surface area (Å²) in [5, 5.41) is 3.39. The van der Waals surface area contributed by atoms with E-state index in [4.69, 9.17) is 10.5 Å².